The summed E-state index contributed by atoms with van der Waals surface area (Å²) in [6.45, 7) is 6.03. The Morgan fingerprint density at radius 3 is 2.00 bits per heavy atom. The Bertz CT molecular complexity index is 934. The Kier molecular flexibility index (Phi) is 5.24. The highest BCUT2D eigenvalue weighted by molar-refractivity contribution is 6.30. The Hall–Kier alpha value is -2.85. The predicted molar refractivity (Wildman–Crippen MR) is 106 cm³/mol. The van der Waals surface area contributed by atoms with Gasteiger partial charge in [0, 0.05) is 27.7 Å². The Morgan fingerprint density at radius 1 is 0.885 bits per heavy atom. The molecule has 3 rings (SSSR count). The molecule has 0 atom stereocenters. The van der Waals surface area contributed by atoms with Gasteiger partial charge >= 0.3 is 0 Å². The lowest BCUT2D eigenvalue weighted by Gasteiger charge is -2.10. The van der Waals surface area contributed by atoms with E-state index in [-0.39, 0.29) is 5.91 Å². The van der Waals surface area contributed by atoms with Crippen molar-refractivity contribution in [1.29, 1.82) is 0 Å². The standard InChI is InChI=1S/C21H20ClN3O/c1-14-4-5-15(2)25(14)20-12-8-17(9-13-20)16(3)23-24-21(26)18-6-10-19(22)11-7-18/h4-13H,1-3H3,(H,24,26)/b23-16+. The minimum absolute atomic E-state index is 0.267. The first-order valence-electron chi connectivity index (χ1n) is 8.31. The van der Waals surface area contributed by atoms with Gasteiger partial charge in [-0.15, -0.1) is 0 Å². The molecular weight excluding hydrogens is 346 g/mol. The molecule has 0 spiro atoms. The van der Waals surface area contributed by atoms with Crippen LogP contribution in [-0.4, -0.2) is 16.2 Å². The molecule has 0 radical (unpaired) electrons. The fourth-order valence-corrected chi connectivity index (χ4v) is 2.92. The number of halogens is 1. The van der Waals surface area contributed by atoms with Gasteiger partial charge in [-0.3, -0.25) is 4.79 Å². The monoisotopic (exact) mass is 365 g/mol. The summed E-state index contributed by atoms with van der Waals surface area (Å²) in [6.07, 6.45) is 0. The second-order valence-corrected chi connectivity index (χ2v) is 6.58. The molecule has 0 aliphatic heterocycles. The molecule has 132 valence electrons. The second kappa shape index (κ2) is 7.58. The maximum atomic E-state index is 12.1. The molecule has 0 aliphatic rings. The topological polar surface area (TPSA) is 46.4 Å². The number of nitrogens with one attached hydrogen (secondary N) is 1. The van der Waals surface area contributed by atoms with Gasteiger partial charge in [0.05, 0.1) is 5.71 Å². The molecule has 5 heteroatoms. The molecule has 0 unspecified atom stereocenters. The third-order valence-corrected chi connectivity index (χ3v) is 4.50. The van der Waals surface area contributed by atoms with Crippen LogP contribution in [0.15, 0.2) is 65.8 Å². The van der Waals surface area contributed by atoms with E-state index in [9.17, 15) is 4.79 Å². The summed E-state index contributed by atoms with van der Waals surface area (Å²) in [5, 5.41) is 4.79. The maximum absolute atomic E-state index is 12.1. The zero-order valence-electron chi connectivity index (χ0n) is 15.0. The summed E-state index contributed by atoms with van der Waals surface area (Å²) in [5.41, 5.74) is 8.26. The zero-order valence-corrected chi connectivity index (χ0v) is 15.7. The van der Waals surface area contributed by atoms with Crippen molar-refractivity contribution < 1.29 is 4.79 Å². The number of hydrogen-bond acceptors (Lipinski definition) is 2. The third kappa shape index (κ3) is 3.86. The zero-order chi connectivity index (χ0) is 18.7. The molecule has 26 heavy (non-hydrogen) atoms. The molecule has 4 nitrogen and oxygen atoms in total. The van der Waals surface area contributed by atoms with Crippen LogP contribution < -0.4 is 5.43 Å². The van der Waals surface area contributed by atoms with Crippen molar-refractivity contribution in [3.63, 3.8) is 0 Å². The molecule has 2 aromatic carbocycles. The van der Waals surface area contributed by atoms with E-state index < -0.39 is 0 Å². The fourth-order valence-electron chi connectivity index (χ4n) is 2.79. The number of carbonyl (C=O) groups excluding carboxylic acids is 1. The van der Waals surface area contributed by atoms with Crippen molar-refractivity contribution in [3.05, 3.63) is 88.2 Å². The first-order valence-corrected chi connectivity index (χ1v) is 8.69. The van der Waals surface area contributed by atoms with E-state index in [1.165, 1.54) is 11.4 Å². The van der Waals surface area contributed by atoms with Gasteiger partial charge < -0.3 is 4.57 Å². The summed E-state index contributed by atoms with van der Waals surface area (Å²) in [7, 11) is 0. The summed E-state index contributed by atoms with van der Waals surface area (Å²) in [4.78, 5) is 12.1. The van der Waals surface area contributed by atoms with E-state index in [0.29, 0.717) is 10.6 Å². The first-order chi connectivity index (χ1) is 12.5. The van der Waals surface area contributed by atoms with Gasteiger partial charge in [-0.25, -0.2) is 5.43 Å². The average molecular weight is 366 g/mol. The minimum atomic E-state index is -0.267. The van der Waals surface area contributed by atoms with Gasteiger partial charge in [-0.05, 0) is 74.9 Å². The molecule has 0 bridgehead atoms. The van der Waals surface area contributed by atoms with Crippen LogP contribution in [0.5, 0.6) is 0 Å². The Morgan fingerprint density at radius 2 is 1.42 bits per heavy atom. The summed E-state index contributed by atoms with van der Waals surface area (Å²) >= 11 is 5.83. The molecule has 3 aromatic rings. The Labute approximate surface area is 158 Å². The van der Waals surface area contributed by atoms with E-state index in [2.05, 4.69) is 53.2 Å². The summed E-state index contributed by atoms with van der Waals surface area (Å²) in [5.74, 6) is -0.267. The predicted octanol–water partition coefficient (Wildman–Crippen LogP) is 4.90. The van der Waals surface area contributed by atoms with Crippen molar-refractivity contribution in [2.24, 2.45) is 5.10 Å². The number of benzene rings is 2. The maximum Gasteiger partial charge on any atom is 0.271 e. The summed E-state index contributed by atoms with van der Waals surface area (Å²) in [6, 6.07) is 19.0. The number of aryl methyl sites for hydroxylation is 2. The van der Waals surface area contributed by atoms with Crippen molar-refractivity contribution in [1.82, 2.24) is 9.99 Å². The molecular formula is C21H20ClN3O. The number of hydrogen-bond donors (Lipinski definition) is 1. The van der Waals surface area contributed by atoms with Crippen LogP contribution in [0.3, 0.4) is 0 Å². The number of amides is 1. The number of hydrazone groups is 1. The van der Waals surface area contributed by atoms with Crippen molar-refractivity contribution in [3.8, 4) is 5.69 Å². The Balaban J connectivity index is 1.73. The van der Waals surface area contributed by atoms with Crippen LogP contribution in [0, 0.1) is 13.8 Å². The second-order valence-electron chi connectivity index (χ2n) is 6.14. The third-order valence-electron chi connectivity index (χ3n) is 4.25. The molecule has 0 saturated carbocycles. The van der Waals surface area contributed by atoms with Crippen molar-refractivity contribution >= 4 is 23.2 Å². The number of aromatic nitrogens is 1. The molecule has 1 aromatic heterocycles. The van der Waals surface area contributed by atoms with Gasteiger partial charge in [0.15, 0.2) is 0 Å². The van der Waals surface area contributed by atoms with E-state index in [1.807, 2.05) is 19.1 Å². The lowest BCUT2D eigenvalue weighted by Crippen LogP contribution is -2.19. The number of nitrogens with zero attached hydrogens (tertiary/aromatic N) is 2. The van der Waals surface area contributed by atoms with Gasteiger partial charge in [0.1, 0.15) is 0 Å². The largest absolute Gasteiger partial charge is 0.319 e. The highest BCUT2D eigenvalue weighted by atomic mass is 35.5. The average Bonchev–Trinajstić information content (AvgIpc) is 2.98. The normalized spacial score (nSPS) is 11.5. The highest BCUT2D eigenvalue weighted by Gasteiger charge is 2.06. The van der Waals surface area contributed by atoms with E-state index in [1.54, 1.807) is 24.3 Å². The van der Waals surface area contributed by atoms with Crippen LogP contribution in [0.25, 0.3) is 5.69 Å². The van der Waals surface area contributed by atoms with Crippen molar-refractivity contribution in [2.45, 2.75) is 20.8 Å². The van der Waals surface area contributed by atoms with Crippen LogP contribution >= 0.6 is 11.6 Å². The number of carbonyl (C=O) groups is 1. The highest BCUT2D eigenvalue weighted by Crippen LogP contribution is 2.17. The molecule has 1 heterocycles. The molecule has 0 fully saturated rings. The lowest BCUT2D eigenvalue weighted by molar-refractivity contribution is 0.0955. The van der Waals surface area contributed by atoms with E-state index >= 15 is 0 Å². The molecule has 1 N–H and O–H groups in total. The van der Waals surface area contributed by atoms with Crippen LogP contribution in [0.2, 0.25) is 5.02 Å². The first kappa shape index (κ1) is 18.0. The molecule has 0 aliphatic carbocycles. The molecule has 1 amide bonds. The van der Waals surface area contributed by atoms with Gasteiger partial charge in [-0.2, -0.15) is 5.10 Å². The quantitative estimate of drug-likeness (QED) is 0.518. The van der Waals surface area contributed by atoms with E-state index in [0.717, 1.165) is 17.0 Å². The smallest absolute Gasteiger partial charge is 0.271 e. The summed E-state index contributed by atoms with van der Waals surface area (Å²) < 4.78 is 2.19. The van der Waals surface area contributed by atoms with Crippen molar-refractivity contribution in [2.75, 3.05) is 0 Å². The van der Waals surface area contributed by atoms with Crippen LogP contribution in [0.1, 0.15) is 34.2 Å². The van der Waals surface area contributed by atoms with Gasteiger partial charge in [-0.1, -0.05) is 23.7 Å². The SMILES string of the molecule is C/C(=N\NC(=O)c1ccc(Cl)cc1)c1ccc(-n2c(C)ccc2C)cc1. The van der Waals surface area contributed by atoms with E-state index in [4.69, 9.17) is 11.6 Å². The van der Waals surface area contributed by atoms with Gasteiger partial charge in [0.25, 0.3) is 5.91 Å². The van der Waals surface area contributed by atoms with Crippen LogP contribution in [-0.2, 0) is 0 Å². The lowest BCUT2D eigenvalue weighted by atomic mass is 10.1. The molecule has 0 saturated heterocycles. The van der Waals surface area contributed by atoms with Crippen LogP contribution in [0.4, 0.5) is 0 Å². The van der Waals surface area contributed by atoms with Gasteiger partial charge in [0.2, 0.25) is 0 Å². The fraction of sp³-hybridized carbons (Fsp3) is 0.143. The number of rotatable bonds is 4. The minimum Gasteiger partial charge on any atom is -0.319 e.